The van der Waals surface area contributed by atoms with Crippen molar-refractivity contribution in [2.75, 3.05) is 6.54 Å². The molecule has 2 heterocycles. The molecule has 0 aliphatic rings. The summed E-state index contributed by atoms with van der Waals surface area (Å²) in [7, 11) is 0. The number of fused-ring (bicyclic) bond motifs is 1. The lowest BCUT2D eigenvalue weighted by atomic mass is 10.1. The summed E-state index contributed by atoms with van der Waals surface area (Å²) in [6.07, 6.45) is 3.77. The lowest BCUT2D eigenvalue weighted by Gasteiger charge is -2.05. The molecule has 0 bridgehead atoms. The van der Waals surface area contributed by atoms with E-state index in [4.69, 9.17) is 0 Å². The summed E-state index contributed by atoms with van der Waals surface area (Å²) < 4.78 is 0. The summed E-state index contributed by atoms with van der Waals surface area (Å²) in [6.45, 7) is 4.76. The standard InChI is InChI=1S/C17H18N4O/c1-11-4-3-5-15-14(12(2)21-16(11)15)7-8-18-17(22)13-6-9-19-20-10-13/h3-6,9-10,21H,7-8H2,1-2H3,(H,18,22). The van der Waals surface area contributed by atoms with Gasteiger partial charge in [-0.2, -0.15) is 10.2 Å². The Kier molecular flexibility index (Phi) is 3.87. The van der Waals surface area contributed by atoms with E-state index in [-0.39, 0.29) is 5.91 Å². The van der Waals surface area contributed by atoms with Gasteiger partial charge in [-0.1, -0.05) is 18.2 Å². The first-order valence-electron chi connectivity index (χ1n) is 7.28. The summed E-state index contributed by atoms with van der Waals surface area (Å²) in [6, 6.07) is 7.94. The summed E-state index contributed by atoms with van der Waals surface area (Å²) in [4.78, 5) is 15.4. The molecule has 1 amide bonds. The zero-order valence-electron chi connectivity index (χ0n) is 12.7. The van der Waals surface area contributed by atoms with Crippen molar-refractivity contribution < 1.29 is 4.79 Å². The maximum absolute atomic E-state index is 12.0. The molecule has 112 valence electrons. The van der Waals surface area contributed by atoms with Crippen LogP contribution in [0.15, 0.2) is 36.7 Å². The normalized spacial score (nSPS) is 10.8. The van der Waals surface area contributed by atoms with Crippen molar-refractivity contribution in [1.82, 2.24) is 20.5 Å². The van der Waals surface area contributed by atoms with Crippen molar-refractivity contribution in [3.63, 3.8) is 0 Å². The number of H-pyrrole nitrogens is 1. The largest absolute Gasteiger partial charge is 0.358 e. The number of nitrogens with zero attached hydrogens (tertiary/aromatic N) is 2. The second kappa shape index (κ2) is 5.97. The van der Waals surface area contributed by atoms with E-state index in [1.807, 2.05) is 0 Å². The molecule has 2 N–H and O–H groups in total. The molecule has 5 nitrogen and oxygen atoms in total. The maximum Gasteiger partial charge on any atom is 0.252 e. The Morgan fingerprint density at radius 3 is 2.86 bits per heavy atom. The molecule has 0 saturated carbocycles. The number of hydrogen-bond acceptors (Lipinski definition) is 3. The smallest absolute Gasteiger partial charge is 0.252 e. The first-order valence-corrected chi connectivity index (χ1v) is 7.28. The van der Waals surface area contributed by atoms with E-state index < -0.39 is 0 Å². The van der Waals surface area contributed by atoms with Crippen molar-refractivity contribution >= 4 is 16.8 Å². The molecule has 1 aromatic carbocycles. The van der Waals surface area contributed by atoms with E-state index in [1.54, 1.807) is 6.07 Å². The van der Waals surface area contributed by atoms with Crippen LogP contribution in [0.4, 0.5) is 0 Å². The Morgan fingerprint density at radius 2 is 2.09 bits per heavy atom. The molecule has 0 spiro atoms. The topological polar surface area (TPSA) is 70.7 Å². The van der Waals surface area contributed by atoms with Gasteiger partial charge in [0, 0.05) is 23.1 Å². The average molecular weight is 294 g/mol. The van der Waals surface area contributed by atoms with Crippen LogP contribution < -0.4 is 5.32 Å². The fourth-order valence-corrected chi connectivity index (χ4v) is 2.70. The molecule has 0 atom stereocenters. The molecule has 5 heteroatoms. The number of benzene rings is 1. The van der Waals surface area contributed by atoms with Crippen molar-refractivity contribution in [1.29, 1.82) is 0 Å². The number of aromatic nitrogens is 3. The maximum atomic E-state index is 12.0. The van der Waals surface area contributed by atoms with E-state index in [1.165, 1.54) is 34.4 Å². The van der Waals surface area contributed by atoms with Crippen LogP contribution in [0.5, 0.6) is 0 Å². The Morgan fingerprint density at radius 1 is 1.23 bits per heavy atom. The molecular formula is C17H18N4O. The van der Waals surface area contributed by atoms with E-state index in [0.717, 1.165) is 12.1 Å². The molecule has 0 radical (unpaired) electrons. The van der Waals surface area contributed by atoms with Crippen LogP contribution in [-0.2, 0) is 6.42 Å². The fourth-order valence-electron chi connectivity index (χ4n) is 2.70. The van der Waals surface area contributed by atoms with Crippen LogP contribution in [0.1, 0.15) is 27.2 Å². The zero-order valence-corrected chi connectivity index (χ0v) is 12.7. The minimum absolute atomic E-state index is 0.122. The highest BCUT2D eigenvalue weighted by molar-refractivity contribution is 5.93. The number of aromatic amines is 1. The molecular weight excluding hydrogens is 276 g/mol. The first-order chi connectivity index (χ1) is 10.7. The van der Waals surface area contributed by atoms with Gasteiger partial charge in [0.05, 0.1) is 18.0 Å². The Bertz CT molecular complexity index is 808. The lowest BCUT2D eigenvalue weighted by Crippen LogP contribution is -2.25. The lowest BCUT2D eigenvalue weighted by molar-refractivity contribution is 0.0953. The van der Waals surface area contributed by atoms with Gasteiger partial charge >= 0.3 is 0 Å². The zero-order chi connectivity index (χ0) is 15.5. The number of carbonyl (C=O) groups excluding carboxylic acids is 1. The number of hydrogen-bond donors (Lipinski definition) is 2. The number of para-hydroxylation sites is 1. The Balaban J connectivity index is 1.71. The number of amides is 1. The Labute approximate surface area is 128 Å². The summed E-state index contributed by atoms with van der Waals surface area (Å²) in [5, 5.41) is 11.5. The van der Waals surface area contributed by atoms with Gasteiger partial charge in [0.2, 0.25) is 0 Å². The average Bonchev–Trinajstić information content (AvgIpc) is 2.86. The molecule has 0 aliphatic heterocycles. The summed E-state index contributed by atoms with van der Waals surface area (Å²) >= 11 is 0. The highest BCUT2D eigenvalue weighted by Gasteiger charge is 2.10. The van der Waals surface area contributed by atoms with Gasteiger partial charge in [0.1, 0.15) is 0 Å². The first kappa shape index (κ1) is 14.3. The monoisotopic (exact) mass is 294 g/mol. The molecule has 22 heavy (non-hydrogen) atoms. The predicted octanol–water partition coefficient (Wildman–Crippen LogP) is 2.55. The number of aryl methyl sites for hydroxylation is 2. The number of rotatable bonds is 4. The summed E-state index contributed by atoms with van der Waals surface area (Å²) in [5.74, 6) is -0.122. The van der Waals surface area contributed by atoms with Crippen molar-refractivity contribution in [2.45, 2.75) is 20.3 Å². The predicted molar refractivity (Wildman–Crippen MR) is 85.8 cm³/mol. The molecule has 2 aromatic heterocycles. The second-order valence-electron chi connectivity index (χ2n) is 5.36. The second-order valence-corrected chi connectivity index (χ2v) is 5.36. The Hall–Kier alpha value is -2.69. The van der Waals surface area contributed by atoms with Crippen LogP contribution in [0.3, 0.4) is 0 Å². The van der Waals surface area contributed by atoms with Gasteiger partial charge in [0.15, 0.2) is 0 Å². The van der Waals surface area contributed by atoms with E-state index >= 15 is 0 Å². The van der Waals surface area contributed by atoms with E-state index in [2.05, 4.69) is 52.5 Å². The summed E-state index contributed by atoms with van der Waals surface area (Å²) in [5.41, 5.74) is 5.36. The third-order valence-electron chi connectivity index (χ3n) is 3.87. The van der Waals surface area contributed by atoms with Crippen LogP contribution in [0, 0.1) is 13.8 Å². The van der Waals surface area contributed by atoms with Gasteiger partial charge in [-0.25, -0.2) is 0 Å². The molecule has 3 aromatic rings. The van der Waals surface area contributed by atoms with Crippen molar-refractivity contribution in [3.8, 4) is 0 Å². The highest BCUT2D eigenvalue weighted by atomic mass is 16.1. The van der Waals surface area contributed by atoms with Crippen LogP contribution in [-0.4, -0.2) is 27.6 Å². The SMILES string of the molecule is Cc1[nH]c2c(C)cccc2c1CCNC(=O)c1ccnnc1. The van der Waals surface area contributed by atoms with Crippen LogP contribution in [0.25, 0.3) is 10.9 Å². The molecule has 0 fully saturated rings. The number of nitrogens with one attached hydrogen (secondary N) is 2. The minimum atomic E-state index is -0.122. The van der Waals surface area contributed by atoms with E-state index in [9.17, 15) is 4.79 Å². The van der Waals surface area contributed by atoms with Gasteiger partial charge in [0.25, 0.3) is 5.91 Å². The van der Waals surface area contributed by atoms with Gasteiger partial charge in [-0.15, -0.1) is 0 Å². The fraction of sp³-hybridized carbons (Fsp3) is 0.235. The van der Waals surface area contributed by atoms with Crippen LogP contribution in [0.2, 0.25) is 0 Å². The van der Waals surface area contributed by atoms with E-state index in [0.29, 0.717) is 12.1 Å². The minimum Gasteiger partial charge on any atom is -0.358 e. The van der Waals surface area contributed by atoms with Gasteiger partial charge in [-0.05, 0) is 37.5 Å². The molecule has 0 saturated heterocycles. The highest BCUT2D eigenvalue weighted by Crippen LogP contribution is 2.24. The van der Waals surface area contributed by atoms with Crippen molar-refractivity contribution in [3.05, 3.63) is 59.0 Å². The molecule has 0 unspecified atom stereocenters. The van der Waals surface area contributed by atoms with Gasteiger partial charge < -0.3 is 10.3 Å². The van der Waals surface area contributed by atoms with Crippen LogP contribution >= 0.6 is 0 Å². The third-order valence-corrected chi connectivity index (χ3v) is 3.87. The quantitative estimate of drug-likeness (QED) is 0.777. The molecule has 3 rings (SSSR count). The number of carbonyl (C=O) groups is 1. The van der Waals surface area contributed by atoms with Crippen molar-refractivity contribution in [2.24, 2.45) is 0 Å². The molecule has 0 aliphatic carbocycles. The third kappa shape index (κ3) is 2.70. The van der Waals surface area contributed by atoms with Gasteiger partial charge in [-0.3, -0.25) is 4.79 Å².